The Hall–Kier alpha value is -3.06. The van der Waals surface area contributed by atoms with E-state index >= 15 is 0 Å². The van der Waals surface area contributed by atoms with Crippen LogP contribution in [0.15, 0.2) is 42.5 Å². The number of halogens is 6. The van der Waals surface area contributed by atoms with Gasteiger partial charge in [-0.1, -0.05) is 49.4 Å². The van der Waals surface area contributed by atoms with Crippen molar-refractivity contribution in [3.8, 4) is 11.1 Å². The van der Waals surface area contributed by atoms with Gasteiger partial charge in [-0.05, 0) is 49.3 Å². The number of benzene rings is 3. The fraction of sp³-hybridized carbons (Fsp3) is 0.286. The van der Waals surface area contributed by atoms with Gasteiger partial charge in [0, 0.05) is 22.3 Å². The first-order valence-corrected chi connectivity index (χ1v) is 11.4. The van der Waals surface area contributed by atoms with Gasteiger partial charge in [0.25, 0.3) is 0 Å². The van der Waals surface area contributed by atoms with Gasteiger partial charge in [-0.2, -0.15) is 0 Å². The van der Waals surface area contributed by atoms with E-state index in [4.69, 9.17) is 4.74 Å². The summed E-state index contributed by atoms with van der Waals surface area (Å²) >= 11 is 0. The summed E-state index contributed by atoms with van der Waals surface area (Å²) in [6.07, 6.45) is 2.93. The molecule has 1 unspecified atom stereocenters. The van der Waals surface area contributed by atoms with Crippen molar-refractivity contribution in [1.29, 1.82) is 0 Å². The molecule has 0 saturated carbocycles. The van der Waals surface area contributed by atoms with Crippen LogP contribution in [0, 0.1) is 41.8 Å². The molecule has 1 atom stereocenters. The van der Waals surface area contributed by atoms with Crippen LogP contribution >= 0.6 is 0 Å². The smallest absolute Gasteiger partial charge is 0.167 e. The molecule has 0 aliphatic heterocycles. The molecule has 3 aromatic carbocycles. The third-order valence-corrected chi connectivity index (χ3v) is 6.45. The average molecular weight is 490 g/mol. The van der Waals surface area contributed by atoms with Gasteiger partial charge < -0.3 is 4.74 Å². The maximum atomic E-state index is 15.0. The molecule has 0 aromatic heterocycles. The highest BCUT2D eigenvalue weighted by molar-refractivity contribution is 5.72. The largest absolute Gasteiger partial charge is 0.373 e. The summed E-state index contributed by atoms with van der Waals surface area (Å²) < 4.78 is 92.0. The molecule has 0 heterocycles. The Bertz CT molecular complexity index is 1300. The van der Waals surface area contributed by atoms with Gasteiger partial charge in [0.1, 0.15) is 0 Å². The van der Waals surface area contributed by atoms with Gasteiger partial charge in [0.2, 0.25) is 0 Å². The second-order valence-corrected chi connectivity index (χ2v) is 8.65. The summed E-state index contributed by atoms with van der Waals surface area (Å²) in [5, 5.41) is 0. The molecule has 0 bridgehead atoms. The van der Waals surface area contributed by atoms with E-state index in [-0.39, 0.29) is 52.5 Å². The third-order valence-electron chi connectivity index (χ3n) is 6.45. The first kappa shape index (κ1) is 25.0. The van der Waals surface area contributed by atoms with Crippen LogP contribution in [-0.4, -0.2) is 6.10 Å². The minimum atomic E-state index is -1.25. The minimum Gasteiger partial charge on any atom is -0.373 e. The lowest BCUT2D eigenvalue weighted by Gasteiger charge is -2.23. The van der Waals surface area contributed by atoms with Crippen molar-refractivity contribution < 1.29 is 31.1 Å². The number of aryl methyl sites for hydroxylation is 2. The molecular weight excluding hydrogens is 466 g/mol. The summed E-state index contributed by atoms with van der Waals surface area (Å²) in [4.78, 5) is 0. The van der Waals surface area contributed by atoms with Crippen molar-refractivity contribution in [2.45, 2.75) is 52.2 Å². The van der Waals surface area contributed by atoms with Crippen LogP contribution in [0.5, 0.6) is 0 Å². The highest BCUT2D eigenvalue weighted by Gasteiger charge is 2.24. The maximum Gasteiger partial charge on any atom is 0.167 e. The van der Waals surface area contributed by atoms with Gasteiger partial charge in [-0.15, -0.1) is 0 Å². The Labute approximate surface area is 200 Å². The average Bonchev–Trinajstić information content (AvgIpc) is 2.86. The quantitative estimate of drug-likeness (QED) is 0.317. The van der Waals surface area contributed by atoms with Crippen LogP contribution < -0.4 is 0 Å². The van der Waals surface area contributed by atoms with Crippen molar-refractivity contribution in [2.24, 2.45) is 0 Å². The number of ether oxygens (including phenoxy) is 1. The lowest BCUT2D eigenvalue weighted by atomic mass is 9.90. The summed E-state index contributed by atoms with van der Waals surface area (Å²) in [6, 6.07) is 8.17. The molecule has 0 fully saturated rings. The van der Waals surface area contributed by atoms with Gasteiger partial charge >= 0.3 is 0 Å². The van der Waals surface area contributed by atoms with Gasteiger partial charge in [0.05, 0.1) is 12.7 Å². The predicted molar refractivity (Wildman–Crippen MR) is 123 cm³/mol. The van der Waals surface area contributed by atoms with Crippen LogP contribution in [0.25, 0.3) is 16.7 Å². The van der Waals surface area contributed by atoms with E-state index in [2.05, 4.69) is 0 Å². The summed E-state index contributed by atoms with van der Waals surface area (Å²) in [6.45, 7) is 3.04. The standard InChI is InChI=1S/C28H24F6O/c1-3-16-8-11-21(27(33)24(16)30)22-13-12-20(26(32)28(22)34)17-6-9-19(10-7-17)35-14-18-5-4-15(2)23(29)25(18)31/h4-6,8,11-13,19H,3,7,9-10,14H2,1-2H3. The van der Waals surface area contributed by atoms with E-state index in [1.54, 1.807) is 13.0 Å². The molecule has 0 spiro atoms. The number of rotatable bonds is 6. The third kappa shape index (κ3) is 4.87. The molecule has 0 radical (unpaired) electrons. The molecule has 1 aliphatic carbocycles. The molecule has 1 nitrogen and oxygen atoms in total. The van der Waals surface area contributed by atoms with Crippen molar-refractivity contribution in [1.82, 2.24) is 0 Å². The molecular formula is C28H24F6O. The lowest BCUT2D eigenvalue weighted by Crippen LogP contribution is -2.16. The van der Waals surface area contributed by atoms with Gasteiger partial charge in [-0.25, -0.2) is 26.3 Å². The van der Waals surface area contributed by atoms with Crippen molar-refractivity contribution in [2.75, 3.05) is 0 Å². The zero-order valence-corrected chi connectivity index (χ0v) is 19.3. The summed E-state index contributed by atoms with van der Waals surface area (Å²) in [5.74, 6) is -6.50. The Morgan fingerprint density at radius 2 is 1.29 bits per heavy atom. The zero-order valence-electron chi connectivity index (χ0n) is 19.3. The minimum absolute atomic E-state index is 0.0439. The zero-order chi connectivity index (χ0) is 25.3. The number of hydrogen-bond acceptors (Lipinski definition) is 1. The topological polar surface area (TPSA) is 9.23 Å². The van der Waals surface area contributed by atoms with Crippen molar-refractivity contribution >= 4 is 5.57 Å². The molecule has 7 heteroatoms. The molecule has 0 amide bonds. The fourth-order valence-electron chi connectivity index (χ4n) is 4.29. The van der Waals surface area contributed by atoms with Crippen LogP contribution in [0.2, 0.25) is 0 Å². The number of allylic oxidation sites excluding steroid dienone is 1. The van der Waals surface area contributed by atoms with E-state index in [0.29, 0.717) is 24.8 Å². The van der Waals surface area contributed by atoms with Crippen LogP contribution in [0.4, 0.5) is 26.3 Å². The van der Waals surface area contributed by atoms with Crippen molar-refractivity contribution in [3.63, 3.8) is 0 Å². The Kier molecular flexibility index (Phi) is 7.36. The Balaban J connectivity index is 1.49. The lowest BCUT2D eigenvalue weighted by molar-refractivity contribution is 0.0342. The molecule has 0 N–H and O–H groups in total. The van der Waals surface area contributed by atoms with Gasteiger partial charge in [-0.3, -0.25) is 0 Å². The predicted octanol–water partition coefficient (Wildman–Crippen LogP) is 8.21. The molecule has 184 valence electrons. The first-order chi connectivity index (χ1) is 16.7. The molecule has 0 saturated heterocycles. The molecule has 3 aromatic rings. The summed E-state index contributed by atoms with van der Waals surface area (Å²) in [7, 11) is 0. The van der Waals surface area contributed by atoms with E-state index in [1.165, 1.54) is 43.3 Å². The van der Waals surface area contributed by atoms with E-state index in [0.717, 1.165) is 0 Å². The van der Waals surface area contributed by atoms with E-state index in [9.17, 15) is 26.3 Å². The monoisotopic (exact) mass is 490 g/mol. The Morgan fingerprint density at radius 1 is 0.714 bits per heavy atom. The second kappa shape index (κ2) is 10.3. The van der Waals surface area contributed by atoms with Crippen LogP contribution in [0.1, 0.15) is 48.4 Å². The Morgan fingerprint density at radius 3 is 1.94 bits per heavy atom. The SMILES string of the molecule is CCc1ccc(-c2ccc(C3=CCC(OCc4ccc(C)c(F)c4F)CC3)c(F)c2F)c(F)c1F. The highest BCUT2D eigenvalue weighted by atomic mass is 19.2. The number of hydrogen-bond donors (Lipinski definition) is 0. The molecule has 4 rings (SSSR count). The van der Waals surface area contributed by atoms with E-state index < -0.39 is 34.9 Å². The molecule has 35 heavy (non-hydrogen) atoms. The maximum absolute atomic E-state index is 15.0. The van der Waals surface area contributed by atoms with Crippen LogP contribution in [-0.2, 0) is 17.8 Å². The van der Waals surface area contributed by atoms with E-state index in [1.807, 2.05) is 0 Å². The highest BCUT2D eigenvalue weighted by Crippen LogP contribution is 2.36. The fourth-order valence-corrected chi connectivity index (χ4v) is 4.29. The van der Waals surface area contributed by atoms with Gasteiger partial charge in [0.15, 0.2) is 34.9 Å². The normalized spacial score (nSPS) is 15.9. The molecule has 1 aliphatic rings. The summed E-state index contributed by atoms with van der Waals surface area (Å²) in [5.41, 5.74) is 0.396. The first-order valence-electron chi connectivity index (χ1n) is 11.4. The van der Waals surface area contributed by atoms with Crippen LogP contribution in [0.3, 0.4) is 0 Å². The van der Waals surface area contributed by atoms with Crippen molar-refractivity contribution in [3.05, 3.63) is 99.6 Å². The second-order valence-electron chi connectivity index (χ2n) is 8.65.